The molecule has 1 amide bonds. The molecule has 8 heteroatoms. The summed E-state index contributed by atoms with van der Waals surface area (Å²) in [5.74, 6) is 1.47. The summed E-state index contributed by atoms with van der Waals surface area (Å²) in [7, 11) is 1.84. The smallest absolute Gasteiger partial charge is 0.257 e. The van der Waals surface area contributed by atoms with E-state index in [1.165, 1.54) is 6.33 Å². The third-order valence-electron chi connectivity index (χ3n) is 5.31. The first-order valence-corrected chi connectivity index (χ1v) is 9.36. The zero-order valence-electron chi connectivity index (χ0n) is 15.6. The largest absolute Gasteiger partial charge is 0.376 e. The van der Waals surface area contributed by atoms with Gasteiger partial charge in [-0.1, -0.05) is 0 Å². The van der Waals surface area contributed by atoms with Gasteiger partial charge in [-0.2, -0.15) is 10.2 Å². The van der Waals surface area contributed by atoms with Crippen molar-refractivity contribution in [2.45, 2.75) is 57.1 Å². The number of ether oxygens (including phenoxy) is 1. The van der Waals surface area contributed by atoms with Crippen molar-refractivity contribution >= 4 is 5.91 Å². The zero-order chi connectivity index (χ0) is 18.3. The predicted octanol–water partition coefficient (Wildman–Crippen LogP) is 2.10. The normalized spacial score (nSPS) is 22.9. The van der Waals surface area contributed by atoms with Gasteiger partial charge >= 0.3 is 0 Å². The van der Waals surface area contributed by atoms with Crippen LogP contribution in [0.4, 0.5) is 0 Å². The molecule has 2 aliphatic rings. The maximum Gasteiger partial charge on any atom is 0.257 e. The molecule has 0 spiro atoms. The van der Waals surface area contributed by atoms with Crippen LogP contribution in [-0.4, -0.2) is 62.1 Å². The summed E-state index contributed by atoms with van der Waals surface area (Å²) in [6.07, 6.45) is 6.35. The number of carbonyl (C=O) groups excluding carboxylic acids is 1. The molecule has 1 aliphatic heterocycles. The lowest BCUT2D eigenvalue weighted by Crippen LogP contribution is -2.36. The quantitative estimate of drug-likeness (QED) is 0.854. The van der Waals surface area contributed by atoms with Gasteiger partial charge in [0, 0.05) is 38.1 Å². The van der Waals surface area contributed by atoms with E-state index in [2.05, 4.69) is 34.1 Å². The molecule has 1 N–H and O–H groups in total. The van der Waals surface area contributed by atoms with E-state index in [1.807, 2.05) is 11.7 Å². The Morgan fingerprint density at radius 2 is 2.23 bits per heavy atom. The topological polar surface area (TPSA) is 88.9 Å². The van der Waals surface area contributed by atoms with Crippen LogP contribution in [0.25, 0.3) is 0 Å². The lowest BCUT2D eigenvalue weighted by atomic mass is 10.00. The number of amides is 1. The summed E-state index contributed by atoms with van der Waals surface area (Å²) >= 11 is 0. The molecule has 0 aromatic carbocycles. The third-order valence-corrected chi connectivity index (χ3v) is 5.31. The van der Waals surface area contributed by atoms with Crippen molar-refractivity contribution in [1.82, 2.24) is 29.9 Å². The highest BCUT2D eigenvalue weighted by molar-refractivity contribution is 5.95. The molecule has 0 bridgehead atoms. The van der Waals surface area contributed by atoms with Crippen molar-refractivity contribution < 1.29 is 9.53 Å². The van der Waals surface area contributed by atoms with Crippen molar-refractivity contribution in [2.24, 2.45) is 0 Å². The predicted molar refractivity (Wildman–Crippen MR) is 95.0 cm³/mol. The van der Waals surface area contributed by atoms with Crippen LogP contribution in [0.15, 0.2) is 12.5 Å². The molecule has 1 saturated heterocycles. The van der Waals surface area contributed by atoms with Gasteiger partial charge in [-0.25, -0.2) is 4.98 Å². The van der Waals surface area contributed by atoms with E-state index in [1.54, 1.807) is 11.1 Å². The van der Waals surface area contributed by atoms with Crippen LogP contribution in [0.2, 0.25) is 0 Å². The van der Waals surface area contributed by atoms with E-state index in [0.29, 0.717) is 19.1 Å². The summed E-state index contributed by atoms with van der Waals surface area (Å²) in [5.41, 5.74) is 1.83. The first kappa shape index (κ1) is 17.2. The highest BCUT2D eigenvalue weighted by atomic mass is 16.5. The second kappa shape index (κ2) is 6.83. The summed E-state index contributed by atoms with van der Waals surface area (Å²) in [6.45, 7) is 5.41. The Morgan fingerprint density at radius 1 is 1.42 bits per heavy atom. The number of nitrogens with zero attached hydrogens (tertiary/aromatic N) is 5. The minimum atomic E-state index is -0.0681. The second-order valence-corrected chi connectivity index (χ2v) is 7.62. The molecule has 140 valence electrons. The lowest BCUT2D eigenvalue weighted by Gasteiger charge is -2.24. The molecular weight excluding hydrogens is 332 g/mol. The number of likely N-dealkylation sites (N-methyl/N-ethyl adjacent to an activating group) is 1. The van der Waals surface area contributed by atoms with Crippen LogP contribution in [-0.2, 0) is 4.74 Å². The Hall–Kier alpha value is -2.22. The van der Waals surface area contributed by atoms with Gasteiger partial charge in [-0.05, 0) is 33.1 Å². The van der Waals surface area contributed by atoms with Crippen molar-refractivity contribution in [3.05, 3.63) is 29.6 Å². The Bertz CT molecular complexity index is 765. The Balaban J connectivity index is 1.50. The molecule has 2 aromatic rings. The number of carbonyl (C=O) groups is 1. The van der Waals surface area contributed by atoms with Crippen LogP contribution in [0.3, 0.4) is 0 Å². The Labute approximate surface area is 152 Å². The van der Waals surface area contributed by atoms with Gasteiger partial charge in [0.05, 0.1) is 23.6 Å². The number of rotatable bonds is 6. The number of nitrogens with one attached hydrogen (secondary N) is 1. The fourth-order valence-corrected chi connectivity index (χ4v) is 3.80. The van der Waals surface area contributed by atoms with Crippen LogP contribution < -0.4 is 0 Å². The van der Waals surface area contributed by atoms with E-state index in [-0.39, 0.29) is 24.0 Å². The van der Waals surface area contributed by atoms with Gasteiger partial charge in [0.2, 0.25) is 0 Å². The maximum atomic E-state index is 13.1. The molecule has 8 nitrogen and oxygen atoms in total. The average Bonchev–Trinajstić information content (AvgIpc) is 3.06. The summed E-state index contributed by atoms with van der Waals surface area (Å²) in [6, 6.07) is 0.256. The van der Waals surface area contributed by atoms with Gasteiger partial charge in [-0.15, -0.1) is 0 Å². The van der Waals surface area contributed by atoms with Gasteiger partial charge < -0.3 is 9.64 Å². The van der Waals surface area contributed by atoms with Crippen molar-refractivity contribution in [3.8, 4) is 0 Å². The standard InChI is InChI=1S/C18H26N6O2/c1-11(2)24-16(12-4-5-12)14(8-21-24)18(25)23(3)9-15-13(6-7-26-15)17-19-10-20-22-17/h8,10-13,15H,4-7,9H2,1-3H3,(H,19,20,22)/t13-,15-/m1/s1. The molecule has 2 atom stereocenters. The number of aromatic amines is 1. The first-order valence-electron chi connectivity index (χ1n) is 9.36. The van der Waals surface area contributed by atoms with Crippen LogP contribution in [0, 0.1) is 0 Å². The maximum absolute atomic E-state index is 13.1. The minimum absolute atomic E-state index is 0.0191. The number of hydrogen-bond acceptors (Lipinski definition) is 5. The highest BCUT2D eigenvalue weighted by Crippen LogP contribution is 2.42. The Morgan fingerprint density at radius 3 is 2.88 bits per heavy atom. The van der Waals surface area contributed by atoms with Crippen LogP contribution in [0.1, 0.15) is 72.9 Å². The van der Waals surface area contributed by atoms with Gasteiger partial charge in [0.25, 0.3) is 5.91 Å². The molecule has 2 aromatic heterocycles. The molecule has 3 heterocycles. The molecule has 4 rings (SSSR count). The molecule has 0 unspecified atom stereocenters. The molecule has 0 radical (unpaired) electrons. The molecular formula is C18H26N6O2. The molecule has 26 heavy (non-hydrogen) atoms. The second-order valence-electron chi connectivity index (χ2n) is 7.62. The highest BCUT2D eigenvalue weighted by Gasteiger charge is 2.36. The number of aromatic nitrogens is 5. The van der Waals surface area contributed by atoms with Gasteiger partial charge in [0.1, 0.15) is 12.2 Å². The van der Waals surface area contributed by atoms with Crippen LogP contribution in [0.5, 0.6) is 0 Å². The van der Waals surface area contributed by atoms with Crippen molar-refractivity contribution in [3.63, 3.8) is 0 Å². The van der Waals surface area contributed by atoms with Gasteiger partial charge in [-0.3, -0.25) is 14.6 Å². The molecule has 1 aliphatic carbocycles. The van der Waals surface area contributed by atoms with E-state index in [4.69, 9.17) is 4.74 Å². The number of hydrogen-bond donors (Lipinski definition) is 1. The summed E-state index contributed by atoms with van der Waals surface area (Å²) in [5, 5.41) is 11.4. The first-order chi connectivity index (χ1) is 12.6. The third kappa shape index (κ3) is 3.13. The van der Waals surface area contributed by atoms with Gasteiger partial charge in [0.15, 0.2) is 0 Å². The zero-order valence-corrected chi connectivity index (χ0v) is 15.6. The SMILES string of the molecule is CC(C)n1ncc(C(=O)N(C)C[C@H]2OCC[C@H]2c2ncn[nH]2)c1C1CC1. The Kier molecular flexibility index (Phi) is 4.52. The molecule has 2 fully saturated rings. The van der Waals surface area contributed by atoms with Crippen molar-refractivity contribution in [2.75, 3.05) is 20.2 Å². The molecule has 1 saturated carbocycles. The fraction of sp³-hybridized carbons (Fsp3) is 0.667. The fourth-order valence-electron chi connectivity index (χ4n) is 3.80. The van der Waals surface area contributed by atoms with E-state index >= 15 is 0 Å². The lowest BCUT2D eigenvalue weighted by molar-refractivity contribution is 0.0549. The minimum Gasteiger partial charge on any atom is -0.376 e. The van der Waals surface area contributed by atoms with E-state index in [0.717, 1.165) is 36.3 Å². The van der Waals surface area contributed by atoms with E-state index < -0.39 is 0 Å². The number of H-pyrrole nitrogens is 1. The summed E-state index contributed by atoms with van der Waals surface area (Å²) in [4.78, 5) is 19.1. The van der Waals surface area contributed by atoms with Crippen molar-refractivity contribution in [1.29, 1.82) is 0 Å². The summed E-state index contributed by atoms with van der Waals surface area (Å²) < 4.78 is 7.88. The van der Waals surface area contributed by atoms with Crippen LogP contribution >= 0.6 is 0 Å². The van der Waals surface area contributed by atoms with E-state index in [9.17, 15) is 4.79 Å². The monoisotopic (exact) mass is 358 g/mol. The average molecular weight is 358 g/mol.